The van der Waals surface area contributed by atoms with Gasteiger partial charge in [0, 0.05) is 33.6 Å². The van der Waals surface area contributed by atoms with E-state index in [1.165, 1.54) is 24.4 Å². The Bertz CT molecular complexity index is 1330. The highest BCUT2D eigenvalue weighted by Gasteiger charge is 2.53. The molecule has 0 N–H and O–H groups in total. The Morgan fingerprint density at radius 3 is 2.73 bits per heavy atom. The molecule has 1 aliphatic rings. The van der Waals surface area contributed by atoms with Crippen molar-refractivity contribution in [3.05, 3.63) is 85.0 Å². The summed E-state index contributed by atoms with van der Waals surface area (Å²) in [7, 11) is -4.25. The highest BCUT2D eigenvalue weighted by Crippen LogP contribution is 2.41. The first-order valence-electron chi connectivity index (χ1n) is 9.89. The lowest BCUT2D eigenvalue weighted by Crippen LogP contribution is -2.53. The van der Waals surface area contributed by atoms with Crippen LogP contribution in [0.25, 0.3) is 0 Å². The second kappa shape index (κ2) is 9.05. The van der Waals surface area contributed by atoms with Crippen LogP contribution in [0, 0.1) is 5.82 Å². The van der Waals surface area contributed by atoms with Crippen LogP contribution >= 0.6 is 38.9 Å². The second-order valence-corrected chi connectivity index (χ2v) is 12.3. The summed E-state index contributed by atoms with van der Waals surface area (Å²) in [5.41, 5.74) is 0.619. The number of benzene rings is 2. The predicted molar refractivity (Wildman–Crippen MR) is 128 cm³/mol. The molecular formula is C22H18BrClF2N2O3S2. The number of hydrogen-bond acceptors (Lipinski definition) is 5. The van der Waals surface area contributed by atoms with Crippen LogP contribution in [0.1, 0.15) is 38.6 Å². The maximum Gasteiger partial charge on any atom is 0.278 e. The van der Waals surface area contributed by atoms with Gasteiger partial charge in [0.05, 0.1) is 17.3 Å². The molecule has 0 radical (unpaired) electrons. The molecule has 0 aliphatic carbocycles. The van der Waals surface area contributed by atoms with Crippen molar-refractivity contribution in [1.29, 1.82) is 0 Å². The predicted octanol–water partition coefficient (Wildman–Crippen LogP) is 5.54. The van der Waals surface area contributed by atoms with Gasteiger partial charge in [0.1, 0.15) is 10.8 Å². The Morgan fingerprint density at radius 2 is 2.03 bits per heavy atom. The van der Waals surface area contributed by atoms with E-state index in [1.807, 2.05) is 0 Å². The number of nitrogens with zero attached hydrogens (tertiary/aromatic N) is 2. The zero-order chi connectivity index (χ0) is 24.0. The summed E-state index contributed by atoms with van der Waals surface area (Å²) < 4.78 is 56.5. The molecule has 2 heterocycles. The normalized spacial score (nSPS) is 21.1. The molecule has 0 bridgehead atoms. The Balaban J connectivity index is 1.65. The lowest BCUT2D eigenvalue weighted by molar-refractivity contribution is 0.0666. The van der Waals surface area contributed by atoms with Crippen LogP contribution in [0.4, 0.5) is 8.78 Å². The van der Waals surface area contributed by atoms with Crippen molar-refractivity contribution in [3.63, 3.8) is 0 Å². The smallest absolute Gasteiger partial charge is 0.278 e. The van der Waals surface area contributed by atoms with Crippen molar-refractivity contribution in [2.75, 3.05) is 18.8 Å². The molecule has 174 valence electrons. The van der Waals surface area contributed by atoms with Gasteiger partial charge in [-0.25, -0.2) is 22.2 Å². The SMILES string of the molecule is C[C@H](c1cnc([C@@]2(F)CN(C(=O)c3ccc(Br)c(Cl)c3)CCS2(=O)=O)s1)c1ccccc1F. The van der Waals surface area contributed by atoms with Gasteiger partial charge in [0.15, 0.2) is 9.84 Å². The number of thiazole rings is 1. The van der Waals surface area contributed by atoms with Gasteiger partial charge in [-0.2, -0.15) is 0 Å². The maximum absolute atomic E-state index is 16.2. The first-order valence-corrected chi connectivity index (χ1v) is 13.5. The number of aromatic nitrogens is 1. The monoisotopic (exact) mass is 574 g/mol. The minimum absolute atomic E-state index is 0.148. The Labute approximate surface area is 207 Å². The fraction of sp³-hybridized carbons (Fsp3) is 0.273. The van der Waals surface area contributed by atoms with Gasteiger partial charge in [-0.3, -0.25) is 4.79 Å². The van der Waals surface area contributed by atoms with E-state index in [4.69, 9.17) is 11.6 Å². The number of amides is 1. The average Bonchev–Trinajstić information content (AvgIpc) is 3.28. The van der Waals surface area contributed by atoms with Crippen LogP contribution in [0.2, 0.25) is 5.02 Å². The van der Waals surface area contributed by atoms with Crippen LogP contribution < -0.4 is 0 Å². The summed E-state index contributed by atoms with van der Waals surface area (Å²) in [6, 6.07) is 10.8. The molecular weight excluding hydrogens is 558 g/mol. The Kier molecular flexibility index (Phi) is 6.65. The third-order valence-corrected chi connectivity index (χ3v) is 10.3. The molecule has 0 unspecified atom stereocenters. The van der Waals surface area contributed by atoms with Crippen molar-refractivity contribution in [2.45, 2.75) is 17.8 Å². The fourth-order valence-electron chi connectivity index (χ4n) is 3.64. The van der Waals surface area contributed by atoms with Gasteiger partial charge < -0.3 is 4.90 Å². The zero-order valence-electron chi connectivity index (χ0n) is 17.3. The van der Waals surface area contributed by atoms with Crippen LogP contribution in [0.15, 0.2) is 53.1 Å². The number of sulfone groups is 1. The Morgan fingerprint density at radius 1 is 1.30 bits per heavy atom. The molecule has 4 rings (SSSR count). The summed E-state index contributed by atoms with van der Waals surface area (Å²) in [6.45, 7) is 0.899. The molecule has 1 fully saturated rings. The summed E-state index contributed by atoms with van der Waals surface area (Å²) in [4.78, 5) is 18.7. The van der Waals surface area contributed by atoms with Gasteiger partial charge in [-0.1, -0.05) is 36.7 Å². The number of rotatable bonds is 4. The van der Waals surface area contributed by atoms with Crippen LogP contribution in [0.3, 0.4) is 0 Å². The van der Waals surface area contributed by atoms with Crippen LogP contribution in [-0.2, 0) is 14.8 Å². The molecule has 1 aliphatic heterocycles. The molecule has 3 aromatic rings. The van der Waals surface area contributed by atoms with Crippen LogP contribution in [-0.4, -0.2) is 43.1 Å². The van der Waals surface area contributed by atoms with E-state index in [0.29, 0.717) is 19.9 Å². The molecule has 11 heteroatoms. The minimum atomic E-state index is -4.25. The van der Waals surface area contributed by atoms with Crippen molar-refractivity contribution in [2.24, 2.45) is 0 Å². The Hall–Kier alpha value is -1.88. The molecule has 0 spiro atoms. The quantitative estimate of drug-likeness (QED) is 0.410. The molecule has 1 aromatic heterocycles. The first kappa shape index (κ1) is 24.3. The molecule has 33 heavy (non-hydrogen) atoms. The van der Waals surface area contributed by atoms with Gasteiger partial charge in [-0.15, -0.1) is 11.3 Å². The number of alkyl halides is 1. The number of halogens is 4. The van der Waals surface area contributed by atoms with E-state index < -0.39 is 44.8 Å². The van der Waals surface area contributed by atoms with Gasteiger partial charge >= 0.3 is 0 Å². The molecule has 1 saturated heterocycles. The third-order valence-electron chi connectivity index (χ3n) is 5.61. The average molecular weight is 576 g/mol. The number of carbonyl (C=O) groups excluding carboxylic acids is 1. The summed E-state index contributed by atoms with van der Waals surface area (Å²) in [6.07, 6.45) is 1.36. The van der Waals surface area contributed by atoms with E-state index in [9.17, 15) is 17.6 Å². The van der Waals surface area contributed by atoms with E-state index in [1.54, 1.807) is 31.2 Å². The summed E-state index contributed by atoms with van der Waals surface area (Å²) >= 11 is 10.2. The number of hydrogen-bond donors (Lipinski definition) is 0. The highest BCUT2D eigenvalue weighted by atomic mass is 79.9. The standard InChI is InChI=1S/C22H18BrClF2N2O3S2/c1-13(15-4-2-3-5-18(15)25)19-11-27-21(32-19)22(26)12-28(8-9-33(22,30)31)20(29)14-6-7-16(23)17(24)10-14/h2-7,10-11,13H,8-9,12H2,1H3/t13-,22+/m0/s1. The van der Waals surface area contributed by atoms with E-state index in [0.717, 1.165) is 16.2 Å². The van der Waals surface area contributed by atoms with E-state index >= 15 is 4.39 Å². The fourth-order valence-corrected chi connectivity index (χ4v) is 6.98. The number of carbonyl (C=O) groups is 1. The lowest BCUT2D eigenvalue weighted by atomic mass is 10.00. The summed E-state index contributed by atoms with van der Waals surface area (Å²) in [5, 5.41) is -2.83. The van der Waals surface area contributed by atoms with Crippen molar-refractivity contribution >= 4 is 54.6 Å². The largest absolute Gasteiger partial charge is 0.333 e. The molecule has 5 nitrogen and oxygen atoms in total. The van der Waals surface area contributed by atoms with Crippen molar-refractivity contribution in [1.82, 2.24) is 9.88 Å². The van der Waals surface area contributed by atoms with Crippen molar-refractivity contribution in [3.8, 4) is 0 Å². The topological polar surface area (TPSA) is 67.3 Å². The first-order chi connectivity index (χ1) is 15.5. The summed E-state index contributed by atoms with van der Waals surface area (Å²) in [5.74, 6) is -1.94. The molecule has 2 atom stereocenters. The zero-order valence-corrected chi connectivity index (χ0v) is 21.2. The lowest BCUT2D eigenvalue weighted by Gasteiger charge is -2.35. The van der Waals surface area contributed by atoms with Crippen LogP contribution in [0.5, 0.6) is 0 Å². The van der Waals surface area contributed by atoms with E-state index in [2.05, 4.69) is 20.9 Å². The highest BCUT2D eigenvalue weighted by molar-refractivity contribution is 9.10. The molecule has 2 aromatic carbocycles. The maximum atomic E-state index is 16.2. The minimum Gasteiger partial charge on any atom is -0.333 e. The molecule has 1 amide bonds. The van der Waals surface area contributed by atoms with Gasteiger partial charge in [-0.05, 0) is 45.8 Å². The van der Waals surface area contributed by atoms with Crippen molar-refractivity contribution < 1.29 is 22.0 Å². The second-order valence-electron chi connectivity index (χ2n) is 7.71. The van der Waals surface area contributed by atoms with E-state index in [-0.39, 0.29) is 17.1 Å². The third kappa shape index (κ3) is 4.45. The van der Waals surface area contributed by atoms with Gasteiger partial charge in [0.25, 0.3) is 10.9 Å². The van der Waals surface area contributed by atoms with Gasteiger partial charge in [0.2, 0.25) is 0 Å². The molecule has 0 saturated carbocycles.